The van der Waals surface area contributed by atoms with E-state index in [1.165, 1.54) is 9.13 Å². The van der Waals surface area contributed by atoms with E-state index in [0.29, 0.717) is 34.0 Å². The summed E-state index contributed by atoms with van der Waals surface area (Å²) in [5, 5.41) is 9.70. The normalized spacial score (nSPS) is 13.9. The van der Waals surface area contributed by atoms with Crippen molar-refractivity contribution in [1.29, 1.82) is 0 Å². The van der Waals surface area contributed by atoms with Gasteiger partial charge in [-0.05, 0) is 92.5 Å². The van der Waals surface area contributed by atoms with Gasteiger partial charge in [-0.1, -0.05) is 36.4 Å². The number of alkyl carbamates (subject to hydrolysis) is 1. The molecule has 4 aromatic rings. The highest BCUT2D eigenvalue weighted by atomic mass is 16.6. The number of rotatable bonds is 9. The molecule has 2 heterocycles. The Labute approximate surface area is 298 Å². The molecule has 13 nitrogen and oxygen atoms in total. The highest BCUT2D eigenvalue weighted by Gasteiger charge is 2.34. The van der Waals surface area contributed by atoms with Gasteiger partial charge in [0.25, 0.3) is 0 Å². The molecule has 3 N–H and O–H groups in total. The number of fused-ring (bicyclic) bond motifs is 2. The van der Waals surface area contributed by atoms with E-state index in [2.05, 4.69) is 16.0 Å². The van der Waals surface area contributed by atoms with Gasteiger partial charge in [-0.3, -0.25) is 18.7 Å². The van der Waals surface area contributed by atoms with Crippen LogP contribution in [0.15, 0.2) is 60.9 Å². The Morgan fingerprint density at radius 2 is 1.14 bits per heavy atom. The van der Waals surface area contributed by atoms with Crippen LogP contribution in [0.2, 0.25) is 0 Å². The summed E-state index contributed by atoms with van der Waals surface area (Å²) in [5.41, 5.74) is -1.35. The second-order valence-corrected chi connectivity index (χ2v) is 15.7. The SMILES string of the molecule is CC(C)(C)OC(=O)N[C@H](Cc1cn(C(=O)OC(C)(C)C)c2ccccc12)C(=O)N[C@](C)(Cc1cn(C(=O)OC(C)(C)C)c2ccccc12)NC=O. The van der Waals surface area contributed by atoms with Gasteiger partial charge in [0.2, 0.25) is 12.3 Å². The predicted molar refractivity (Wildman–Crippen MR) is 193 cm³/mol. The summed E-state index contributed by atoms with van der Waals surface area (Å²) in [4.78, 5) is 65.6. The lowest BCUT2D eigenvalue weighted by atomic mass is 9.99. The minimum atomic E-state index is -1.39. The van der Waals surface area contributed by atoms with Crippen LogP contribution in [-0.2, 0) is 36.6 Å². The van der Waals surface area contributed by atoms with Crippen LogP contribution in [0.3, 0.4) is 0 Å². The molecule has 3 amide bonds. The summed E-state index contributed by atoms with van der Waals surface area (Å²) < 4.78 is 19.5. The van der Waals surface area contributed by atoms with Crippen LogP contribution in [0.5, 0.6) is 0 Å². The van der Waals surface area contributed by atoms with Crippen LogP contribution < -0.4 is 16.0 Å². The lowest BCUT2D eigenvalue weighted by molar-refractivity contribution is -0.126. The Kier molecular flexibility index (Phi) is 10.9. The maximum atomic E-state index is 14.2. The van der Waals surface area contributed by atoms with Crippen molar-refractivity contribution >= 4 is 52.4 Å². The third kappa shape index (κ3) is 10.1. The smallest absolute Gasteiger partial charge is 0.419 e. The van der Waals surface area contributed by atoms with E-state index in [9.17, 15) is 24.0 Å². The van der Waals surface area contributed by atoms with Crippen LogP contribution in [0.25, 0.3) is 21.8 Å². The van der Waals surface area contributed by atoms with Gasteiger partial charge in [0.05, 0.1) is 11.0 Å². The Hall–Kier alpha value is -5.33. The van der Waals surface area contributed by atoms with Gasteiger partial charge in [-0.25, -0.2) is 14.4 Å². The number of aromatic nitrogens is 2. The second-order valence-electron chi connectivity index (χ2n) is 15.7. The van der Waals surface area contributed by atoms with Crippen molar-refractivity contribution in [3.05, 3.63) is 72.1 Å². The molecule has 0 aliphatic carbocycles. The van der Waals surface area contributed by atoms with Crippen LogP contribution in [0.4, 0.5) is 14.4 Å². The van der Waals surface area contributed by atoms with E-state index in [1.54, 1.807) is 112 Å². The molecular weight excluding hydrogens is 654 g/mol. The number of amides is 3. The Balaban J connectivity index is 1.70. The first-order valence-electron chi connectivity index (χ1n) is 16.8. The fourth-order valence-electron chi connectivity index (χ4n) is 5.61. The number of nitrogens with zero attached hydrogens (tertiary/aromatic N) is 2. The third-order valence-corrected chi connectivity index (χ3v) is 7.52. The molecule has 0 saturated heterocycles. The fourth-order valence-corrected chi connectivity index (χ4v) is 5.61. The number of nitrogens with one attached hydrogen (secondary N) is 3. The largest absolute Gasteiger partial charge is 0.444 e. The summed E-state index contributed by atoms with van der Waals surface area (Å²) in [5.74, 6) is -0.636. The van der Waals surface area contributed by atoms with Crippen molar-refractivity contribution < 1.29 is 38.2 Å². The van der Waals surface area contributed by atoms with Gasteiger partial charge in [-0.15, -0.1) is 0 Å². The highest BCUT2D eigenvalue weighted by Crippen LogP contribution is 2.27. The Bertz CT molecular complexity index is 1940. The second kappa shape index (κ2) is 14.5. The lowest BCUT2D eigenvalue weighted by Crippen LogP contribution is -2.62. The highest BCUT2D eigenvalue weighted by molar-refractivity contribution is 5.94. The first kappa shape index (κ1) is 38.5. The minimum absolute atomic E-state index is 0.0451. The monoisotopic (exact) mass is 703 g/mol. The van der Waals surface area contributed by atoms with Crippen LogP contribution in [-0.4, -0.2) is 68.2 Å². The van der Waals surface area contributed by atoms with Gasteiger partial charge >= 0.3 is 18.3 Å². The van der Waals surface area contributed by atoms with Crippen molar-refractivity contribution in [3.8, 4) is 0 Å². The first-order chi connectivity index (χ1) is 23.6. The number of benzene rings is 2. The molecule has 4 rings (SSSR count). The van der Waals surface area contributed by atoms with E-state index < -0.39 is 52.7 Å². The summed E-state index contributed by atoms with van der Waals surface area (Å²) >= 11 is 0. The quantitative estimate of drug-likeness (QED) is 0.102. The molecule has 0 fully saturated rings. The van der Waals surface area contributed by atoms with Crippen LogP contribution in [0.1, 0.15) is 80.4 Å². The molecule has 0 radical (unpaired) electrons. The van der Waals surface area contributed by atoms with Gasteiger partial charge in [0.15, 0.2) is 0 Å². The van der Waals surface area contributed by atoms with Crippen molar-refractivity contribution in [1.82, 2.24) is 25.1 Å². The molecule has 0 unspecified atom stereocenters. The number of carbonyl (C=O) groups is 5. The number of hydrogen-bond donors (Lipinski definition) is 3. The van der Waals surface area contributed by atoms with E-state index in [4.69, 9.17) is 14.2 Å². The Morgan fingerprint density at radius 1 is 0.686 bits per heavy atom. The standard InChI is InChI=1S/C38H49N5O8/c1-35(2,3)49-32(46)40-28(19-24-21-42(33(47)50-36(4,5)6)29-17-13-11-15-26(24)29)31(45)41-38(10,39-23-44)20-25-22-43(34(48)51-37(7,8)9)30-18-14-12-16-27(25)30/h11-18,21-23,28H,19-20H2,1-10H3,(H,39,44)(H,40,46)(H,41,45)/t28-,38-/m1/s1. The molecule has 51 heavy (non-hydrogen) atoms. The topological polar surface area (TPSA) is 159 Å². The summed E-state index contributed by atoms with van der Waals surface area (Å²) in [7, 11) is 0. The minimum Gasteiger partial charge on any atom is -0.444 e. The lowest BCUT2D eigenvalue weighted by Gasteiger charge is -2.32. The van der Waals surface area contributed by atoms with E-state index in [-0.39, 0.29) is 12.8 Å². The average molecular weight is 704 g/mol. The zero-order valence-corrected chi connectivity index (χ0v) is 31.0. The van der Waals surface area contributed by atoms with Crippen molar-refractivity contribution in [2.75, 3.05) is 0 Å². The average Bonchev–Trinajstić information content (AvgIpc) is 3.53. The molecule has 274 valence electrons. The van der Waals surface area contributed by atoms with Crippen LogP contribution in [0, 0.1) is 0 Å². The Morgan fingerprint density at radius 3 is 1.61 bits per heavy atom. The van der Waals surface area contributed by atoms with Gasteiger partial charge in [-0.2, -0.15) is 0 Å². The predicted octanol–water partition coefficient (Wildman–Crippen LogP) is 6.42. The molecule has 0 spiro atoms. The van der Waals surface area contributed by atoms with Crippen molar-refractivity contribution in [2.45, 2.75) is 111 Å². The molecule has 2 atom stereocenters. The zero-order valence-electron chi connectivity index (χ0n) is 31.0. The van der Waals surface area contributed by atoms with E-state index in [0.717, 1.165) is 5.39 Å². The van der Waals surface area contributed by atoms with Gasteiger partial charge < -0.3 is 30.2 Å². The molecule has 2 aromatic carbocycles. The van der Waals surface area contributed by atoms with Crippen molar-refractivity contribution in [3.63, 3.8) is 0 Å². The number of ether oxygens (including phenoxy) is 3. The summed E-state index contributed by atoms with van der Waals surface area (Å²) in [6.45, 7) is 17.3. The summed E-state index contributed by atoms with van der Waals surface area (Å²) in [6.07, 6.45) is 1.69. The third-order valence-electron chi connectivity index (χ3n) is 7.52. The number of para-hydroxylation sites is 2. The molecule has 0 saturated carbocycles. The van der Waals surface area contributed by atoms with Crippen molar-refractivity contribution in [2.24, 2.45) is 0 Å². The van der Waals surface area contributed by atoms with Gasteiger partial charge in [0.1, 0.15) is 28.5 Å². The maximum Gasteiger partial charge on any atom is 0.419 e. The summed E-state index contributed by atoms with van der Waals surface area (Å²) in [6, 6.07) is 13.2. The molecule has 0 aliphatic heterocycles. The molecular formula is C38H49N5O8. The fraction of sp³-hybridized carbons (Fsp3) is 0.447. The first-order valence-corrected chi connectivity index (χ1v) is 16.8. The zero-order chi connectivity index (χ0) is 37.9. The van der Waals surface area contributed by atoms with Crippen LogP contribution >= 0.6 is 0 Å². The maximum absolute atomic E-state index is 14.2. The van der Waals surface area contributed by atoms with E-state index in [1.807, 2.05) is 18.2 Å². The molecule has 0 aliphatic rings. The molecule has 13 heteroatoms. The number of hydrogen-bond acceptors (Lipinski definition) is 8. The number of carbonyl (C=O) groups excluding carboxylic acids is 5. The molecule has 2 aromatic heterocycles. The van der Waals surface area contributed by atoms with Gasteiger partial charge in [0, 0.05) is 36.0 Å². The molecule has 0 bridgehead atoms. The van der Waals surface area contributed by atoms with E-state index >= 15 is 0 Å².